The van der Waals surface area contributed by atoms with E-state index in [2.05, 4.69) is 20.6 Å². The van der Waals surface area contributed by atoms with Gasteiger partial charge in [0.25, 0.3) is 0 Å². The van der Waals surface area contributed by atoms with Crippen molar-refractivity contribution in [2.45, 2.75) is 13.2 Å². The number of nitrogens with zero attached hydrogens (tertiary/aromatic N) is 3. The Labute approximate surface area is 85.9 Å². The fourth-order valence-electron chi connectivity index (χ4n) is 1.12. The molecule has 15 heavy (non-hydrogen) atoms. The molecule has 2 rings (SSSR count). The van der Waals surface area contributed by atoms with E-state index in [0.717, 1.165) is 0 Å². The lowest BCUT2D eigenvalue weighted by molar-refractivity contribution is 0.177. The van der Waals surface area contributed by atoms with Crippen molar-refractivity contribution in [3.05, 3.63) is 35.7 Å². The molecule has 2 aromatic rings. The topological polar surface area (TPSA) is 83.6 Å². The zero-order chi connectivity index (χ0) is 10.5. The van der Waals surface area contributed by atoms with E-state index in [0.29, 0.717) is 17.1 Å². The van der Waals surface area contributed by atoms with Crippen molar-refractivity contribution in [3.63, 3.8) is 0 Å². The molecule has 1 aromatic heterocycles. The second-order valence-corrected chi connectivity index (χ2v) is 2.91. The van der Waals surface area contributed by atoms with Crippen LogP contribution in [0.1, 0.15) is 11.4 Å². The molecule has 0 aliphatic heterocycles. The van der Waals surface area contributed by atoms with Gasteiger partial charge in [-0.1, -0.05) is 17.3 Å². The molecule has 0 saturated carbocycles. The van der Waals surface area contributed by atoms with Crippen LogP contribution in [0.25, 0.3) is 0 Å². The summed E-state index contributed by atoms with van der Waals surface area (Å²) in [4.78, 5) is 0. The molecule has 0 amide bonds. The predicted molar refractivity (Wildman–Crippen MR) is 49.3 cm³/mol. The van der Waals surface area contributed by atoms with E-state index in [1.165, 1.54) is 0 Å². The van der Waals surface area contributed by atoms with Crippen LogP contribution in [0.4, 0.5) is 0 Å². The summed E-state index contributed by atoms with van der Waals surface area (Å²) in [6.07, 6.45) is 0. The highest BCUT2D eigenvalue weighted by atomic mass is 16.5. The third kappa shape index (κ3) is 2.50. The summed E-state index contributed by atoms with van der Waals surface area (Å²) in [5.41, 5.74) is 0.695. The maximum atomic E-state index is 10.6. The van der Waals surface area contributed by atoms with Gasteiger partial charge in [-0.25, -0.2) is 5.11 Å². The highest BCUT2D eigenvalue weighted by molar-refractivity contribution is 5.27. The maximum Gasteiger partial charge on any atom is 0.211 e. The third-order valence-corrected chi connectivity index (χ3v) is 1.82. The molecule has 77 valence electrons. The van der Waals surface area contributed by atoms with Gasteiger partial charge >= 0.3 is 0 Å². The van der Waals surface area contributed by atoms with Gasteiger partial charge in [-0.05, 0) is 17.7 Å². The summed E-state index contributed by atoms with van der Waals surface area (Å²) in [7, 11) is 0. The van der Waals surface area contributed by atoms with Crippen molar-refractivity contribution >= 4 is 0 Å². The van der Waals surface area contributed by atoms with Crippen molar-refractivity contribution in [2.24, 2.45) is 0 Å². The van der Waals surface area contributed by atoms with Crippen LogP contribution >= 0.6 is 0 Å². The van der Waals surface area contributed by atoms with Gasteiger partial charge in [0.1, 0.15) is 12.4 Å². The zero-order valence-corrected chi connectivity index (χ0v) is 7.88. The van der Waals surface area contributed by atoms with Gasteiger partial charge in [-0.15, -0.1) is 10.2 Å². The van der Waals surface area contributed by atoms with Crippen LogP contribution in [0.5, 0.6) is 5.75 Å². The van der Waals surface area contributed by atoms with E-state index in [4.69, 9.17) is 4.74 Å². The van der Waals surface area contributed by atoms with Gasteiger partial charge in [-0.2, -0.15) is 5.21 Å². The van der Waals surface area contributed by atoms with Crippen molar-refractivity contribution in [1.29, 1.82) is 0 Å². The number of aromatic nitrogens is 4. The second kappa shape index (κ2) is 4.52. The SMILES string of the molecule is [O]Cc1cccc(OCc2nn[nH]n2)c1. The minimum absolute atomic E-state index is 0.235. The first-order chi connectivity index (χ1) is 7.38. The van der Waals surface area contributed by atoms with Crippen molar-refractivity contribution in [2.75, 3.05) is 0 Å². The first-order valence-corrected chi connectivity index (χ1v) is 4.40. The number of hydrogen-bond donors (Lipinski definition) is 1. The van der Waals surface area contributed by atoms with E-state index >= 15 is 0 Å². The molecule has 0 aliphatic rings. The van der Waals surface area contributed by atoms with Crippen LogP contribution in [-0.4, -0.2) is 20.6 Å². The number of rotatable bonds is 4. The molecule has 1 heterocycles. The lowest BCUT2D eigenvalue weighted by Crippen LogP contribution is -1.98. The molecule has 1 aromatic carbocycles. The number of hydrogen-bond acceptors (Lipinski definition) is 4. The van der Waals surface area contributed by atoms with Crippen LogP contribution in [-0.2, 0) is 18.3 Å². The van der Waals surface area contributed by atoms with Crippen LogP contribution in [0, 0.1) is 0 Å². The molecule has 1 radical (unpaired) electrons. The lowest BCUT2D eigenvalue weighted by atomic mass is 10.2. The summed E-state index contributed by atoms with van der Waals surface area (Å²) in [5.74, 6) is 1.11. The van der Waals surface area contributed by atoms with E-state index in [1.807, 2.05) is 0 Å². The Morgan fingerprint density at radius 2 is 2.33 bits per heavy atom. The maximum absolute atomic E-state index is 10.6. The molecule has 0 fully saturated rings. The molecule has 0 unspecified atom stereocenters. The van der Waals surface area contributed by atoms with Crippen molar-refractivity contribution < 1.29 is 9.84 Å². The van der Waals surface area contributed by atoms with Crippen LogP contribution in [0.3, 0.4) is 0 Å². The average molecular weight is 205 g/mol. The average Bonchev–Trinajstić information content (AvgIpc) is 2.79. The Kier molecular flexibility index (Phi) is 2.89. The summed E-state index contributed by atoms with van der Waals surface area (Å²) >= 11 is 0. The molecular weight excluding hydrogens is 196 g/mol. The Hall–Kier alpha value is -1.95. The summed E-state index contributed by atoms with van der Waals surface area (Å²) in [5, 5.41) is 23.8. The number of H-pyrrole nitrogens is 1. The number of aromatic amines is 1. The lowest BCUT2D eigenvalue weighted by Gasteiger charge is -2.03. The highest BCUT2D eigenvalue weighted by Gasteiger charge is 2.00. The van der Waals surface area contributed by atoms with Gasteiger partial charge < -0.3 is 4.74 Å². The van der Waals surface area contributed by atoms with Gasteiger partial charge in [0.2, 0.25) is 5.82 Å². The number of ether oxygens (including phenoxy) is 1. The molecule has 0 atom stereocenters. The molecule has 0 spiro atoms. The highest BCUT2D eigenvalue weighted by Crippen LogP contribution is 2.14. The van der Waals surface area contributed by atoms with E-state index in [9.17, 15) is 5.11 Å². The third-order valence-electron chi connectivity index (χ3n) is 1.82. The molecule has 0 saturated heterocycles. The van der Waals surface area contributed by atoms with E-state index in [-0.39, 0.29) is 13.2 Å². The largest absolute Gasteiger partial charge is 0.485 e. The summed E-state index contributed by atoms with van der Waals surface area (Å²) in [6.45, 7) is -0.0157. The zero-order valence-electron chi connectivity index (χ0n) is 7.88. The first kappa shape index (κ1) is 9.60. The Bertz CT molecular complexity index is 416. The first-order valence-electron chi connectivity index (χ1n) is 4.40. The quantitative estimate of drug-likeness (QED) is 0.796. The minimum Gasteiger partial charge on any atom is -0.485 e. The Balaban J connectivity index is 1.98. The standard InChI is InChI=1S/C9H9N4O2/c14-5-7-2-1-3-8(4-7)15-6-9-10-12-13-11-9/h1-4H,5-6H2,(H,10,11,12,13). The van der Waals surface area contributed by atoms with E-state index in [1.54, 1.807) is 24.3 Å². The minimum atomic E-state index is -0.251. The van der Waals surface area contributed by atoms with Crippen LogP contribution < -0.4 is 4.74 Å². The molecule has 0 bridgehead atoms. The Morgan fingerprint density at radius 1 is 1.40 bits per heavy atom. The molecular formula is C9H9N4O2. The predicted octanol–water partition coefficient (Wildman–Crippen LogP) is 0.709. The molecule has 6 nitrogen and oxygen atoms in total. The second-order valence-electron chi connectivity index (χ2n) is 2.91. The molecule has 0 aliphatic carbocycles. The van der Waals surface area contributed by atoms with E-state index < -0.39 is 0 Å². The summed E-state index contributed by atoms with van der Waals surface area (Å²) < 4.78 is 5.37. The normalized spacial score (nSPS) is 10.2. The van der Waals surface area contributed by atoms with Crippen molar-refractivity contribution in [1.82, 2.24) is 20.6 Å². The fourth-order valence-corrected chi connectivity index (χ4v) is 1.12. The van der Waals surface area contributed by atoms with Gasteiger partial charge in [-0.3, -0.25) is 0 Å². The Morgan fingerprint density at radius 3 is 3.07 bits per heavy atom. The number of benzene rings is 1. The smallest absolute Gasteiger partial charge is 0.211 e. The van der Waals surface area contributed by atoms with Gasteiger partial charge in [0.15, 0.2) is 6.61 Å². The monoisotopic (exact) mass is 205 g/mol. The number of nitrogens with one attached hydrogen (secondary N) is 1. The van der Waals surface area contributed by atoms with Crippen LogP contribution in [0.2, 0.25) is 0 Å². The van der Waals surface area contributed by atoms with Crippen molar-refractivity contribution in [3.8, 4) is 5.75 Å². The van der Waals surface area contributed by atoms with Gasteiger partial charge in [0, 0.05) is 0 Å². The summed E-state index contributed by atoms with van der Waals surface area (Å²) in [6, 6.07) is 7.01. The number of tetrazole rings is 1. The molecule has 1 N–H and O–H groups in total. The van der Waals surface area contributed by atoms with Crippen LogP contribution in [0.15, 0.2) is 24.3 Å². The fraction of sp³-hybridized carbons (Fsp3) is 0.222. The van der Waals surface area contributed by atoms with Gasteiger partial charge in [0.05, 0.1) is 0 Å². The molecule has 6 heteroatoms.